The van der Waals surface area contributed by atoms with Gasteiger partial charge >= 0.3 is 6.09 Å². The standard InChI is InChI=1S/C9H10N2O4/c1-6-4-8(11(14)15)3-2-7(6)5-10-9(12)13/h2-4,10H,5H2,1H3,(H,12,13). The van der Waals surface area contributed by atoms with Crippen molar-refractivity contribution in [3.63, 3.8) is 0 Å². The third-order valence-electron chi connectivity index (χ3n) is 1.97. The van der Waals surface area contributed by atoms with Gasteiger partial charge in [-0.05, 0) is 18.1 Å². The average Bonchev–Trinajstić information content (AvgIpc) is 2.15. The maximum absolute atomic E-state index is 10.4. The van der Waals surface area contributed by atoms with E-state index in [0.29, 0.717) is 5.56 Å². The van der Waals surface area contributed by atoms with Gasteiger partial charge in [-0.25, -0.2) is 4.79 Å². The number of non-ortho nitro benzene ring substituents is 1. The average molecular weight is 210 g/mol. The summed E-state index contributed by atoms with van der Waals surface area (Å²) in [5, 5.41) is 21.0. The number of nitrogens with zero attached hydrogens (tertiary/aromatic N) is 1. The number of benzene rings is 1. The highest BCUT2D eigenvalue weighted by molar-refractivity contribution is 5.64. The van der Waals surface area contributed by atoms with Crippen molar-refractivity contribution in [2.45, 2.75) is 13.5 Å². The zero-order chi connectivity index (χ0) is 11.4. The number of hydrogen-bond acceptors (Lipinski definition) is 3. The van der Waals surface area contributed by atoms with Gasteiger partial charge in [0.15, 0.2) is 0 Å². The van der Waals surface area contributed by atoms with Gasteiger partial charge in [0, 0.05) is 18.7 Å². The molecule has 0 heterocycles. The fraction of sp³-hybridized carbons (Fsp3) is 0.222. The Morgan fingerprint density at radius 2 is 2.27 bits per heavy atom. The van der Waals surface area contributed by atoms with Crippen LogP contribution in [0.25, 0.3) is 0 Å². The van der Waals surface area contributed by atoms with Gasteiger partial charge in [0.2, 0.25) is 0 Å². The Labute approximate surface area is 85.7 Å². The smallest absolute Gasteiger partial charge is 0.404 e. The summed E-state index contributed by atoms with van der Waals surface area (Å²) >= 11 is 0. The molecule has 0 radical (unpaired) electrons. The highest BCUT2D eigenvalue weighted by atomic mass is 16.6. The summed E-state index contributed by atoms with van der Waals surface area (Å²) in [4.78, 5) is 20.2. The highest BCUT2D eigenvalue weighted by Gasteiger charge is 2.08. The first kappa shape index (κ1) is 11.0. The molecule has 0 aliphatic heterocycles. The van der Waals surface area contributed by atoms with Crippen molar-refractivity contribution in [2.24, 2.45) is 0 Å². The molecule has 2 N–H and O–H groups in total. The molecule has 0 spiro atoms. The van der Waals surface area contributed by atoms with Crippen LogP contribution in [0, 0.1) is 17.0 Å². The lowest BCUT2D eigenvalue weighted by molar-refractivity contribution is -0.384. The number of amides is 1. The number of aryl methyl sites for hydroxylation is 1. The maximum atomic E-state index is 10.4. The minimum absolute atomic E-state index is 0.00609. The minimum Gasteiger partial charge on any atom is -0.465 e. The van der Waals surface area contributed by atoms with Crippen molar-refractivity contribution in [3.05, 3.63) is 39.4 Å². The van der Waals surface area contributed by atoms with E-state index in [1.165, 1.54) is 12.1 Å². The van der Waals surface area contributed by atoms with Crippen LogP contribution in [0.1, 0.15) is 11.1 Å². The lowest BCUT2D eigenvalue weighted by Gasteiger charge is -2.04. The number of hydrogen-bond donors (Lipinski definition) is 2. The van der Waals surface area contributed by atoms with Crippen LogP contribution in [0.4, 0.5) is 10.5 Å². The molecule has 0 saturated heterocycles. The fourth-order valence-corrected chi connectivity index (χ4v) is 1.16. The van der Waals surface area contributed by atoms with Crippen LogP contribution in [0.3, 0.4) is 0 Å². The second kappa shape index (κ2) is 4.41. The van der Waals surface area contributed by atoms with Crippen LogP contribution in [-0.2, 0) is 6.54 Å². The zero-order valence-electron chi connectivity index (χ0n) is 8.06. The summed E-state index contributed by atoms with van der Waals surface area (Å²) in [5.74, 6) is 0. The first-order valence-corrected chi connectivity index (χ1v) is 4.21. The maximum Gasteiger partial charge on any atom is 0.404 e. The molecule has 0 bridgehead atoms. The Balaban J connectivity index is 2.83. The third kappa shape index (κ3) is 2.94. The molecule has 0 atom stereocenters. The minimum atomic E-state index is -1.12. The van der Waals surface area contributed by atoms with E-state index in [4.69, 9.17) is 5.11 Å². The quantitative estimate of drug-likeness (QED) is 0.586. The molecule has 80 valence electrons. The van der Waals surface area contributed by atoms with Crippen molar-refractivity contribution >= 4 is 11.8 Å². The highest BCUT2D eigenvalue weighted by Crippen LogP contribution is 2.16. The van der Waals surface area contributed by atoms with Gasteiger partial charge in [0.25, 0.3) is 5.69 Å². The van der Waals surface area contributed by atoms with E-state index < -0.39 is 11.0 Å². The van der Waals surface area contributed by atoms with E-state index >= 15 is 0 Å². The molecule has 1 amide bonds. The van der Waals surface area contributed by atoms with Crippen molar-refractivity contribution in [1.29, 1.82) is 0 Å². The Morgan fingerprint density at radius 3 is 2.73 bits per heavy atom. The van der Waals surface area contributed by atoms with Crippen LogP contribution in [0.2, 0.25) is 0 Å². The number of nitro benzene ring substituents is 1. The van der Waals surface area contributed by atoms with Gasteiger partial charge < -0.3 is 10.4 Å². The van der Waals surface area contributed by atoms with Crippen molar-refractivity contribution in [3.8, 4) is 0 Å². The first-order valence-electron chi connectivity index (χ1n) is 4.21. The molecule has 0 aromatic heterocycles. The van der Waals surface area contributed by atoms with Crippen molar-refractivity contribution in [1.82, 2.24) is 5.32 Å². The van der Waals surface area contributed by atoms with Crippen LogP contribution in [0.15, 0.2) is 18.2 Å². The number of carbonyl (C=O) groups is 1. The summed E-state index contributed by atoms with van der Waals surface area (Å²) in [6.07, 6.45) is -1.12. The van der Waals surface area contributed by atoms with Gasteiger partial charge in [-0.3, -0.25) is 10.1 Å². The van der Waals surface area contributed by atoms with E-state index in [1.807, 2.05) is 0 Å². The molecular formula is C9H10N2O4. The Kier molecular flexibility index (Phi) is 3.22. The number of carboxylic acid groups (broad SMARTS) is 1. The molecule has 1 aromatic rings. The van der Waals surface area contributed by atoms with Gasteiger partial charge in [-0.15, -0.1) is 0 Å². The Morgan fingerprint density at radius 1 is 1.60 bits per heavy atom. The van der Waals surface area contributed by atoms with Crippen LogP contribution < -0.4 is 5.32 Å². The normalized spacial score (nSPS) is 9.67. The molecule has 0 aliphatic rings. The van der Waals surface area contributed by atoms with Gasteiger partial charge in [-0.2, -0.15) is 0 Å². The van der Waals surface area contributed by atoms with E-state index in [9.17, 15) is 14.9 Å². The molecule has 0 unspecified atom stereocenters. The molecule has 0 fully saturated rings. The lowest BCUT2D eigenvalue weighted by Crippen LogP contribution is -2.20. The van der Waals surface area contributed by atoms with Gasteiger partial charge in [0.1, 0.15) is 0 Å². The van der Waals surface area contributed by atoms with Gasteiger partial charge in [-0.1, -0.05) is 6.07 Å². The predicted octanol–water partition coefficient (Wildman–Crippen LogP) is 1.67. The monoisotopic (exact) mass is 210 g/mol. The number of nitro groups is 1. The summed E-state index contributed by atoms with van der Waals surface area (Å²) in [5.41, 5.74) is 1.42. The van der Waals surface area contributed by atoms with Crippen molar-refractivity contribution in [2.75, 3.05) is 0 Å². The molecule has 6 heteroatoms. The third-order valence-corrected chi connectivity index (χ3v) is 1.97. The molecule has 0 saturated carbocycles. The number of nitrogens with one attached hydrogen (secondary N) is 1. The van der Waals surface area contributed by atoms with Crippen molar-refractivity contribution < 1.29 is 14.8 Å². The van der Waals surface area contributed by atoms with E-state index in [-0.39, 0.29) is 12.2 Å². The predicted molar refractivity (Wildman–Crippen MR) is 52.7 cm³/mol. The van der Waals surface area contributed by atoms with E-state index in [0.717, 1.165) is 5.56 Å². The summed E-state index contributed by atoms with van der Waals surface area (Å²) < 4.78 is 0. The number of rotatable bonds is 3. The molecule has 15 heavy (non-hydrogen) atoms. The van der Waals surface area contributed by atoms with Gasteiger partial charge in [0.05, 0.1) is 4.92 Å². The lowest BCUT2D eigenvalue weighted by atomic mass is 10.1. The second-order valence-electron chi connectivity index (χ2n) is 3.03. The van der Waals surface area contributed by atoms with Crippen LogP contribution in [0.5, 0.6) is 0 Å². The zero-order valence-corrected chi connectivity index (χ0v) is 8.06. The first-order chi connectivity index (χ1) is 7.00. The topological polar surface area (TPSA) is 92.5 Å². The second-order valence-corrected chi connectivity index (χ2v) is 3.03. The summed E-state index contributed by atoms with van der Waals surface area (Å²) in [7, 11) is 0. The summed E-state index contributed by atoms with van der Waals surface area (Å²) in [6, 6.07) is 4.31. The van der Waals surface area contributed by atoms with E-state index in [1.54, 1.807) is 13.0 Å². The molecule has 6 nitrogen and oxygen atoms in total. The molecule has 1 aromatic carbocycles. The fourth-order valence-electron chi connectivity index (χ4n) is 1.16. The Bertz CT molecular complexity index is 403. The van der Waals surface area contributed by atoms with E-state index in [2.05, 4.69) is 5.32 Å². The largest absolute Gasteiger partial charge is 0.465 e. The molecule has 0 aliphatic carbocycles. The molecular weight excluding hydrogens is 200 g/mol. The molecule has 1 rings (SSSR count). The SMILES string of the molecule is Cc1cc([N+](=O)[O-])ccc1CNC(=O)O. The van der Waals surface area contributed by atoms with Crippen LogP contribution >= 0.6 is 0 Å². The summed E-state index contributed by atoms with van der Waals surface area (Å²) in [6.45, 7) is 1.85. The van der Waals surface area contributed by atoms with Crippen LogP contribution in [-0.4, -0.2) is 16.1 Å². The Hall–Kier alpha value is -2.11.